The lowest BCUT2D eigenvalue weighted by Gasteiger charge is -2.25. The number of hydrogen-bond donors (Lipinski definition) is 1. The third-order valence-electron chi connectivity index (χ3n) is 4.45. The Morgan fingerprint density at radius 1 is 0.964 bits per heavy atom. The van der Waals surface area contributed by atoms with Crippen LogP contribution in [0.15, 0.2) is 101 Å². The van der Waals surface area contributed by atoms with Gasteiger partial charge >= 0.3 is 0 Å². The zero-order valence-corrected chi connectivity index (χ0v) is 17.2. The van der Waals surface area contributed by atoms with Gasteiger partial charge in [0.15, 0.2) is 0 Å². The van der Waals surface area contributed by atoms with Gasteiger partial charge in [-0.25, -0.2) is 0 Å². The Bertz CT molecular complexity index is 955. The van der Waals surface area contributed by atoms with Crippen LogP contribution in [-0.2, 0) is 17.0 Å². The first-order valence-electron chi connectivity index (χ1n) is 9.02. The van der Waals surface area contributed by atoms with E-state index in [-0.39, 0.29) is 0 Å². The van der Waals surface area contributed by atoms with E-state index in [0.717, 1.165) is 21.2 Å². The molecule has 0 fully saturated rings. The molecule has 0 aliphatic heterocycles. The molecule has 0 spiro atoms. The van der Waals surface area contributed by atoms with E-state index in [2.05, 4.69) is 21.1 Å². The lowest BCUT2D eigenvalue weighted by Crippen LogP contribution is -2.32. The molecular formula is C24H22BrNO2. The molecule has 142 valence electrons. The summed E-state index contributed by atoms with van der Waals surface area (Å²) in [6, 6.07) is 27.1. The second-order valence-electron chi connectivity index (χ2n) is 6.42. The highest BCUT2D eigenvalue weighted by atomic mass is 79.9. The predicted octanol–water partition coefficient (Wildman–Crippen LogP) is 5.94. The molecule has 0 aliphatic carbocycles. The van der Waals surface area contributed by atoms with Gasteiger partial charge in [0.05, 0.1) is 5.71 Å². The molecule has 28 heavy (non-hydrogen) atoms. The van der Waals surface area contributed by atoms with Gasteiger partial charge in [0, 0.05) is 4.47 Å². The predicted molar refractivity (Wildman–Crippen MR) is 118 cm³/mol. The number of oxime groups is 1. The zero-order chi connectivity index (χ0) is 19.8. The van der Waals surface area contributed by atoms with E-state index in [1.54, 1.807) is 13.0 Å². The molecule has 3 aromatic rings. The molecule has 1 unspecified atom stereocenters. The number of aliphatic hydroxyl groups is 1. The van der Waals surface area contributed by atoms with Crippen molar-refractivity contribution in [1.82, 2.24) is 0 Å². The van der Waals surface area contributed by atoms with Crippen molar-refractivity contribution in [2.24, 2.45) is 5.16 Å². The van der Waals surface area contributed by atoms with Crippen LogP contribution in [0.5, 0.6) is 0 Å². The summed E-state index contributed by atoms with van der Waals surface area (Å²) in [4.78, 5) is 5.51. The summed E-state index contributed by atoms with van der Waals surface area (Å²) in [7, 11) is 0. The lowest BCUT2D eigenvalue weighted by atomic mass is 9.88. The summed E-state index contributed by atoms with van der Waals surface area (Å²) in [6.45, 7) is 2.11. The van der Waals surface area contributed by atoms with Crippen molar-refractivity contribution < 1.29 is 9.94 Å². The molecule has 0 saturated heterocycles. The largest absolute Gasteiger partial charge is 0.391 e. The van der Waals surface area contributed by atoms with E-state index in [1.165, 1.54) is 0 Å². The smallest absolute Gasteiger partial charge is 0.149 e. The highest BCUT2D eigenvalue weighted by molar-refractivity contribution is 9.10. The third kappa shape index (κ3) is 4.97. The second kappa shape index (κ2) is 9.49. The summed E-state index contributed by atoms with van der Waals surface area (Å²) >= 11 is 3.54. The van der Waals surface area contributed by atoms with E-state index in [1.807, 2.05) is 91.0 Å². The number of nitrogens with zero attached hydrogens (tertiary/aromatic N) is 1. The topological polar surface area (TPSA) is 41.8 Å². The Morgan fingerprint density at radius 3 is 2.25 bits per heavy atom. The first kappa shape index (κ1) is 20.1. The minimum atomic E-state index is -1.38. The summed E-state index contributed by atoms with van der Waals surface area (Å²) in [5.74, 6) is 0. The molecule has 0 saturated carbocycles. The standard InChI is InChI=1S/C24H22BrNO2/c1-19(26-28-18-20-10-4-2-5-11-20)24(27,22-13-6-3-7-14-22)17-16-21-12-8-9-15-23(21)25/h2-17,27H,18H2,1H3/b17-16+,26-19+. The molecule has 0 bridgehead atoms. The molecule has 0 aliphatic rings. The average molecular weight is 436 g/mol. The Hall–Kier alpha value is -2.69. The molecule has 0 amide bonds. The van der Waals surface area contributed by atoms with Gasteiger partial charge in [0.1, 0.15) is 12.2 Å². The van der Waals surface area contributed by atoms with Crippen molar-refractivity contribution in [2.75, 3.05) is 0 Å². The van der Waals surface area contributed by atoms with E-state index in [4.69, 9.17) is 4.84 Å². The van der Waals surface area contributed by atoms with Crippen LogP contribution < -0.4 is 0 Å². The van der Waals surface area contributed by atoms with Crippen LogP contribution in [0.25, 0.3) is 6.08 Å². The van der Waals surface area contributed by atoms with E-state index >= 15 is 0 Å². The molecule has 3 nitrogen and oxygen atoms in total. The van der Waals surface area contributed by atoms with E-state index in [0.29, 0.717) is 12.3 Å². The maximum atomic E-state index is 11.5. The molecule has 4 heteroatoms. The SMILES string of the molecule is C/C(=N\OCc1ccccc1)C(O)(/C=C/c1ccccc1Br)c1ccccc1. The van der Waals surface area contributed by atoms with Crippen LogP contribution in [-0.4, -0.2) is 10.8 Å². The highest BCUT2D eigenvalue weighted by Crippen LogP contribution is 2.27. The Balaban J connectivity index is 1.88. The molecule has 1 N–H and O–H groups in total. The first-order valence-corrected chi connectivity index (χ1v) is 9.81. The van der Waals surface area contributed by atoms with Crippen molar-refractivity contribution in [3.63, 3.8) is 0 Å². The third-order valence-corrected chi connectivity index (χ3v) is 5.17. The van der Waals surface area contributed by atoms with Gasteiger partial charge in [0.2, 0.25) is 0 Å². The molecule has 1 atom stereocenters. The summed E-state index contributed by atoms with van der Waals surface area (Å²) in [6.07, 6.45) is 3.63. The maximum Gasteiger partial charge on any atom is 0.149 e. The van der Waals surface area contributed by atoms with E-state index in [9.17, 15) is 5.11 Å². The van der Waals surface area contributed by atoms with Crippen LogP contribution in [0, 0.1) is 0 Å². The van der Waals surface area contributed by atoms with Crippen molar-refractivity contribution in [2.45, 2.75) is 19.1 Å². The Kier molecular flexibility index (Phi) is 6.80. The fourth-order valence-corrected chi connectivity index (χ4v) is 3.20. The normalized spacial score (nSPS) is 14.0. The van der Waals surface area contributed by atoms with Crippen molar-refractivity contribution >= 4 is 27.7 Å². The maximum absolute atomic E-state index is 11.5. The molecule has 0 heterocycles. The fourth-order valence-electron chi connectivity index (χ4n) is 2.79. The number of hydrogen-bond acceptors (Lipinski definition) is 3. The molecule has 3 aromatic carbocycles. The minimum absolute atomic E-state index is 0.344. The van der Waals surface area contributed by atoms with Gasteiger partial charge in [-0.1, -0.05) is 106 Å². The van der Waals surface area contributed by atoms with Gasteiger partial charge in [-0.05, 0) is 35.8 Å². The molecule has 0 aromatic heterocycles. The van der Waals surface area contributed by atoms with Crippen LogP contribution in [0.1, 0.15) is 23.6 Å². The minimum Gasteiger partial charge on any atom is -0.391 e. The molecule has 3 rings (SSSR count). The van der Waals surface area contributed by atoms with Gasteiger partial charge in [0.25, 0.3) is 0 Å². The summed E-state index contributed by atoms with van der Waals surface area (Å²) in [5.41, 5.74) is 1.79. The number of rotatable bonds is 7. The lowest BCUT2D eigenvalue weighted by molar-refractivity contribution is 0.113. The van der Waals surface area contributed by atoms with Gasteiger partial charge in [-0.2, -0.15) is 0 Å². The van der Waals surface area contributed by atoms with Crippen molar-refractivity contribution in [3.05, 3.63) is 112 Å². The van der Waals surface area contributed by atoms with Gasteiger partial charge in [-0.15, -0.1) is 0 Å². The summed E-state index contributed by atoms with van der Waals surface area (Å²) in [5, 5.41) is 15.7. The average Bonchev–Trinajstić information content (AvgIpc) is 2.74. The van der Waals surface area contributed by atoms with Gasteiger partial charge in [-0.3, -0.25) is 0 Å². The zero-order valence-electron chi connectivity index (χ0n) is 15.6. The fraction of sp³-hybridized carbons (Fsp3) is 0.125. The van der Waals surface area contributed by atoms with E-state index < -0.39 is 5.60 Å². The first-order chi connectivity index (χ1) is 13.6. The van der Waals surface area contributed by atoms with Gasteiger partial charge < -0.3 is 9.94 Å². The summed E-state index contributed by atoms with van der Waals surface area (Å²) < 4.78 is 0.955. The molecule has 0 radical (unpaired) electrons. The Morgan fingerprint density at radius 2 is 1.57 bits per heavy atom. The number of halogens is 1. The number of benzene rings is 3. The van der Waals surface area contributed by atoms with Crippen LogP contribution >= 0.6 is 15.9 Å². The second-order valence-corrected chi connectivity index (χ2v) is 7.28. The highest BCUT2D eigenvalue weighted by Gasteiger charge is 2.30. The van der Waals surface area contributed by atoms with Crippen LogP contribution in [0.4, 0.5) is 0 Å². The quantitative estimate of drug-likeness (QED) is 0.368. The van der Waals surface area contributed by atoms with Crippen LogP contribution in [0.2, 0.25) is 0 Å². The molecular weight excluding hydrogens is 414 g/mol. The van der Waals surface area contributed by atoms with Crippen molar-refractivity contribution in [1.29, 1.82) is 0 Å². The monoisotopic (exact) mass is 435 g/mol. The Labute approximate surface area is 174 Å². The van der Waals surface area contributed by atoms with Crippen molar-refractivity contribution in [3.8, 4) is 0 Å². The van der Waals surface area contributed by atoms with Crippen LogP contribution in [0.3, 0.4) is 0 Å².